The van der Waals surface area contributed by atoms with E-state index in [1.165, 1.54) is 50.8 Å². The Kier molecular flexibility index (Phi) is 8.86. The Morgan fingerprint density at radius 1 is 1.18 bits per heavy atom. The van der Waals surface area contributed by atoms with Crippen molar-refractivity contribution in [3.63, 3.8) is 0 Å². The summed E-state index contributed by atoms with van der Waals surface area (Å²) < 4.78 is 4.31. The third-order valence-electron chi connectivity index (χ3n) is 4.31. The molecule has 22 heavy (non-hydrogen) atoms. The van der Waals surface area contributed by atoms with Crippen molar-refractivity contribution in [3.05, 3.63) is 18.2 Å². The molecule has 0 aliphatic rings. The molecule has 0 bridgehead atoms. The van der Waals surface area contributed by atoms with Gasteiger partial charge in [-0.05, 0) is 13.3 Å². The van der Waals surface area contributed by atoms with E-state index in [1.54, 1.807) is 6.92 Å². The fourth-order valence-corrected chi connectivity index (χ4v) is 2.85. The maximum Gasteiger partial charge on any atom is 0.256 e. The second-order valence-electron chi connectivity index (χ2n) is 6.24. The first-order valence-electron chi connectivity index (χ1n) is 8.88. The number of aromatic nitrogens is 2. The maximum atomic E-state index is 10.9. The Morgan fingerprint density at radius 3 is 2.41 bits per heavy atom. The first kappa shape index (κ1) is 18.7. The van der Waals surface area contributed by atoms with Crippen molar-refractivity contribution in [2.75, 3.05) is 0 Å². The molecule has 0 fully saturated rings. The van der Waals surface area contributed by atoms with Gasteiger partial charge in [-0.2, -0.15) is 0 Å². The van der Waals surface area contributed by atoms with E-state index >= 15 is 0 Å². The van der Waals surface area contributed by atoms with Crippen LogP contribution in [-0.2, 0) is 24.3 Å². The number of carbonyl (C=O) groups excluding carboxylic acids is 1. The van der Waals surface area contributed by atoms with Crippen molar-refractivity contribution in [1.29, 1.82) is 0 Å². The summed E-state index contributed by atoms with van der Waals surface area (Å²) in [6, 6.07) is 0. The van der Waals surface area contributed by atoms with E-state index in [1.807, 2.05) is 6.20 Å². The van der Waals surface area contributed by atoms with Crippen LogP contribution in [-0.4, -0.2) is 10.5 Å². The average Bonchev–Trinajstić information content (AvgIpc) is 2.88. The molecule has 0 saturated heterocycles. The second kappa shape index (κ2) is 10.4. The minimum absolute atomic E-state index is 0.453. The van der Waals surface area contributed by atoms with Crippen LogP contribution in [0.25, 0.3) is 0 Å². The number of rotatable bonds is 12. The molecular formula is C18H32N2O2. The lowest BCUT2D eigenvalue weighted by molar-refractivity contribution is -0.708. The number of carboxylic acids is 1. The first-order chi connectivity index (χ1) is 10.6. The molecule has 0 spiro atoms. The Bertz CT molecular complexity index is 440. The number of imidazole rings is 1. The van der Waals surface area contributed by atoms with E-state index in [9.17, 15) is 9.90 Å². The van der Waals surface area contributed by atoms with E-state index in [2.05, 4.69) is 29.2 Å². The third kappa shape index (κ3) is 6.20. The first-order valence-corrected chi connectivity index (χ1v) is 8.88. The van der Waals surface area contributed by atoms with Gasteiger partial charge in [0, 0.05) is 18.3 Å². The predicted octanol–water partition coefficient (Wildman–Crippen LogP) is 2.47. The Labute approximate surface area is 135 Å². The highest BCUT2D eigenvalue weighted by Crippen LogP contribution is 2.10. The lowest BCUT2D eigenvalue weighted by Crippen LogP contribution is -2.45. The molecule has 1 rings (SSSR count). The molecule has 1 atom stereocenters. The number of hydrogen-bond acceptors (Lipinski definition) is 2. The molecule has 4 nitrogen and oxygen atoms in total. The summed E-state index contributed by atoms with van der Waals surface area (Å²) >= 11 is 0. The van der Waals surface area contributed by atoms with Crippen LogP contribution in [0, 0.1) is 5.92 Å². The second-order valence-corrected chi connectivity index (χ2v) is 6.24. The molecule has 4 heteroatoms. The highest BCUT2D eigenvalue weighted by molar-refractivity contribution is 5.66. The molecule has 0 saturated carbocycles. The molecule has 0 aliphatic heterocycles. The van der Waals surface area contributed by atoms with E-state index in [0.29, 0.717) is 6.54 Å². The molecule has 0 aliphatic carbocycles. The number of hydrogen-bond donors (Lipinski definition) is 0. The van der Waals surface area contributed by atoms with Gasteiger partial charge in [0.05, 0.1) is 13.1 Å². The van der Waals surface area contributed by atoms with Gasteiger partial charge in [0.2, 0.25) is 0 Å². The minimum Gasteiger partial charge on any atom is -0.550 e. The fourth-order valence-electron chi connectivity index (χ4n) is 2.85. The lowest BCUT2D eigenvalue weighted by atomic mass is 10.1. The monoisotopic (exact) mass is 308 g/mol. The van der Waals surface area contributed by atoms with Crippen molar-refractivity contribution >= 4 is 5.97 Å². The van der Waals surface area contributed by atoms with Crippen molar-refractivity contribution in [2.24, 2.45) is 5.92 Å². The molecule has 0 amide bonds. The van der Waals surface area contributed by atoms with Crippen LogP contribution in [0.15, 0.2) is 12.4 Å². The zero-order valence-corrected chi connectivity index (χ0v) is 14.5. The predicted molar refractivity (Wildman–Crippen MR) is 86.2 cm³/mol. The highest BCUT2D eigenvalue weighted by Gasteiger charge is 2.18. The van der Waals surface area contributed by atoms with Gasteiger partial charge in [-0.1, -0.05) is 52.4 Å². The van der Waals surface area contributed by atoms with Gasteiger partial charge >= 0.3 is 0 Å². The van der Waals surface area contributed by atoms with Gasteiger partial charge in [0.15, 0.2) is 0 Å². The Morgan fingerprint density at radius 2 is 1.82 bits per heavy atom. The average molecular weight is 308 g/mol. The molecule has 1 aromatic rings. The van der Waals surface area contributed by atoms with E-state index in [-0.39, 0.29) is 0 Å². The van der Waals surface area contributed by atoms with Gasteiger partial charge in [-0.25, -0.2) is 9.13 Å². The van der Waals surface area contributed by atoms with Crippen molar-refractivity contribution in [2.45, 2.75) is 85.2 Å². The summed E-state index contributed by atoms with van der Waals surface area (Å²) in [5.41, 5.74) is 0. The molecule has 126 valence electrons. The minimum atomic E-state index is -0.973. The summed E-state index contributed by atoms with van der Waals surface area (Å²) in [7, 11) is 0. The van der Waals surface area contributed by atoms with E-state index < -0.39 is 11.9 Å². The largest absolute Gasteiger partial charge is 0.550 e. The van der Waals surface area contributed by atoms with Gasteiger partial charge in [-0.15, -0.1) is 0 Å². The third-order valence-corrected chi connectivity index (χ3v) is 4.31. The van der Waals surface area contributed by atoms with Gasteiger partial charge in [0.25, 0.3) is 5.82 Å². The quantitative estimate of drug-likeness (QED) is 0.440. The molecule has 0 N–H and O–H groups in total. The number of aliphatic carboxylic acids is 1. The summed E-state index contributed by atoms with van der Waals surface area (Å²) in [5, 5.41) is 10.9. The molecule has 0 aromatic carbocycles. The summed E-state index contributed by atoms with van der Waals surface area (Å²) in [6.45, 7) is 7.51. The Balaban J connectivity index is 2.46. The van der Waals surface area contributed by atoms with Crippen LogP contribution in [0.1, 0.15) is 71.5 Å². The molecule has 1 heterocycles. The van der Waals surface area contributed by atoms with Crippen LogP contribution >= 0.6 is 0 Å². The van der Waals surface area contributed by atoms with Gasteiger partial charge in [0.1, 0.15) is 12.4 Å². The molecule has 0 radical (unpaired) electrons. The number of carbonyl (C=O) groups is 1. The molecular weight excluding hydrogens is 276 g/mol. The smallest absolute Gasteiger partial charge is 0.256 e. The van der Waals surface area contributed by atoms with Crippen molar-refractivity contribution in [3.8, 4) is 0 Å². The van der Waals surface area contributed by atoms with Gasteiger partial charge < -0.3 is 9.90 Å². The van der Waals surface area contributed by atoms with Crippen molar-refractivity contribution < 1.29 is 14.5 Å². The lowest BCUT2D eigenvalue weighted by Gasteiger charge is -2.11. The maximum absolute atomic E-state index is 10.9. The standard InChI is InChI=1S/C18H32N2O2/c1-4-6-7-8-9-10-11-12-17-19(5-2)13-14-20(17)15-16(3)18(21)22/h13-14,16H,4-12,15H2,1-3H3. The number of nitrogens with zero attached hydrogens (tertiary/aromatic N) is 2. The number of carboxylic acid groups (broad SMARTS) is 1. The fraction of sp³-hybridized carbons (Fsp3) is 0.778. The molecule has 1 unspecified atom stereocenters. The van der Waals surface area contributed by atoms with Crippen LogP contribution in [0.3, 0.4) is 0 Å². The van der Waals surface area contributed by atoms with Crippen LogP contribution < -0.4 is 9.67 Å². The normalized spacial score (nSPS) is 12.5. The SMILES string of the molecule is CCCCCCCCCc1n(CC)cc[n+]1CC(C)C(=O)[O-]. The van der Waals surface area contributed by atoms with Crippen LogP contribution in [0.4, 0.5) is 0 Å². The van der Waals surface area contributed by atoms with Gasteiger partial charge in [-0.3, -0.25) is 0 Å². The number of unbranched alkanes of at least 4 members (excludes halogenated alkanes) is 6. The zero-order chi connectivity index (χ0) is 16.4. The van der Waals surface area contributed by atoms with Crippen LogP contribution in [0.5, 0.6) is 0 Å². The van der Waals surface area contributed by atoms with E-state index in [0.717, 1.165) is 13.0 Å². The Hall–Kier alpha value is -1.32. The highest BCUT2D eigenvalue weighted by atomic mass is 16.4. The zero-order valence-electron chi connectivity index (χ0n) is 14.5. The number of aryl methyl sites for hydroxylation is 1. The summed E-state index contributed by atoms with van der Waals surface area (Å²) in [6.07, 6.45) is 14.1. The topological polar surface area (TPSA) is 48.9 Å². The molecule has 1 aromatic heterocycles. The summed E-state index contributed by atoms with van der Waals surface area (Å²) in [4.78, 5) is 10.9. The summed E-state index contributed by atoms with van der Waals surface area (Å²) in [5.74, 6) is -0.187. The van der Waals surface area contributed by atoms with Crippen LogP contribution in [0.2, 0.25) is 0 Å². The van der Waals surface area contributed by atoms with E-state index in [4.69, 9.17) is 0 Å². The van der Waals surface area contributed by atoms with Crippen molar-refractivity contribution in [1.82, 2.24) is 4.57 Å².